The maximum atomic E-state index is 13.5. The van der Waals surface area contributed by atoms with Crippen LogP contribution in [-0.4, -0.2) is 64.4 Å². The number of nitrogens with one attached hydrogen (secondary N) is 1. The minimum atomic E-state index is -0.379. The van der Waals surface area contributed by atoms with Crippen LogP contribution < -0.4 is 10.9 Å². The molecule has 1 aromatic carbocycles. The summed E-state index contributed by atoms with van der Waals surface area (Å²) in [7, 11) is 0. The van der Waals surface area contributed by atoms with Crippen molar-refractivity contribution < 1.29 is 13.9 Å². The fourth-order valence-corrected chi connectivity index (χ4v) is 3.74. The molecule has 1 fully saturated rings. The van der Waals surface area contributed by atoms with Crippen molar-refractivity contribution in [2.24, 2.45) is 0 Å². The van der Waals surface area contributed by atoms with Crippen molar-refractivity contribution in [1.29, 1.82) is 0 Å². The molecule has 3 aromatic rings. The average Bonchev–Trinajstić information content (AvgIpc) is 3.09. The Bertz CT molecular complexity index is 1100. The lowest BCUT2D eigenvalue weighted by Gasteiger charge is -2.26. The van der Waals surface area contributed by atoms with Crippen molar-refractivity contribution >= 4 is 22.3 Å². The van der Waals surface area contributed by atoms with Gasteiger partial charge < -0.3 is 10.1 Å². The van der Waals surface area contributed by atoms with Gasteiger partial charge in [0.1, 0.15) is 23.7 Å². The Morgan fingerprint density at radius 1 is 1.24 bits per heavy atom. The summed E-state index contributed by atoms with van der Waals surface area (Å²) in [6.45, 7) is 6.40. The van der Waals surface area contributed by atoms with E-state index in [2.05, 4.69) is 15.3 Å². The van der Waals surface area contributed by atoms with Crippen LogP contribution in [0.15, 0.2) is 29.1 Å². The molecule has 1 aliphatic rings. The molecule has 0 unspecified atom stereocenters. The van der Waals surface area contributed by atoms with Gasteiger partial charge in [-0.3, -0.25) is 18.9 Å². The molecular weight excluding hydrogens is 377 g/mol. The molecule has 0 radical (unpaired) electrons. The predicted molar refractivity (Wildman–Crippen MR) is 107 cm³/mol. The van der Waals surface area contributed by atoms with Crippen LogP contribution in [0.25, 0.3) is 16.4 Å². The van der Waals surface area contributed by atoms with Crippen LogP contribution in [0.5, 0.6) is 0 Å². The number of fused-ring (bicyclic) bond motifs is 3. The number of carbonyl (C=O) groups excluding carboxylic acids is 1. The molecule has 1 saturated heterocycles. The molecule has 0 aliphatic carbocycles. The van der Waals surface area contributed by atoms with Gasteiger partial charge in [-0.25, -0.2) is 9.07 Å². The van der Waals surface area contributed by atoms with Crippen LogP contribution >= 0.6 is 0 Å². The van der Waals surface area contributed by atoms with Crippen LogP contribution in [0.2, 0.25) is 0 Å². The lowest BCUT2D eigenvalue weighted by molar-refractivity contribution is -0.121. The van der Waals surface area contributed by atoms with Gasteiger partial charge >= 0.3 is 0 Å². The van der Waals surface area contributed by atoms with Crippen LogP contribution in [0.4, 0.5) is 4.39 Å². The molecular formula is C20H24FN5O3. The van der Waals surface area contributed by atoms with Gasteiger partial charge in [0.05, 0.1) is 18.7 Å². The number of morpholine rings is 1. The second-order valence-corrected chi connectivity index (χ2v) is 7.24. The van der Waals surface area contributed by atoms with Gasteiger partial charge in [0.2, 0.25) is 5.91 Å². The lowest BCUT2D eigenvalue weighted by atomic mass is 10.2. The number of aromatic nitrogens is 3. The highest BCUT2D eigenvalue weighted by atomic mass is 19.1. The zero-order chi connectivity index (χ0) is 20.4. The molecule has 1 aliphatic heterocycles. The van der Waals surface area contributed by atoms with Gasteiger partial charge in [0, 0.05) is 25.0 Å². The summed E-state index contributed by atoms with van der Waals surface area (Å²) in [4.78, 5) is 27.4. The summed E-state index contributed by atoms with van der Waals surface area (Å²) < 4.78 is 21.7. The molecule has 154 valence electrons. The van der Waals surface area contributed by atoms with E-state index >= 15 is 0 Å². The van der Waals surface area contributed by atoms with E-state index in [-0.39, 0.29) is 23.8 Å². The first-order chi connectivity index (χ1) is 14.0. The number of amides is 1. The molecule has 0 atom stereocenters. The molecule has 4 rings (SSSR count). The first-order valence-corrected chi connectivity index (χ1v) is 9.78. The summed E-state index contributed by atoms with van der Waals surface area (Å²) in [5.74, 6) is -0.0652. The third-order valence-electron chi connectivity index (χ3n) is 5.18. The lowest BCUT2D eigenvalue weighted by Crippen LogP contribution is -2.39. The van der Waals surface area contributed by atoms with Gasteiger partial charge in [-0.1, -0.05) is 0 Å². The summed E-state index contributed by atoms with van der Waals surface area (Å²) in [6, 6.07) is 5.99. The number of halogens is 1. The van der Waals surface area contributed by atoms with E-state index in [1.807, 2.05) is 0 Å². The van der Waals surface area contributed by atoms with E-state index in [4.69, 9.17) is 4.74 Å². The normalized spacial score (nSPS) is 15.2. The van der Waals surface area contributed by atoms with E-state index < -0.39 is 0 Å². The van der Waals surface area contributed by atoms with Gasteiger partial charge in [-0.2, -0.15) is 5.10 Å². The molecule has 0 saturated carbocycles. The minimum absolute atomic E-state index is 0.149. The summed E-state index contributed by atoms with van der Waals surface area (Å²) in [6.07, 6.45) is 0.835. The Morgan fingerprint density at radius 3 is 2.83 bits per heavy atom. The van der Waals surface area contributed by atoms with E-state index in [0.29, 0.717) is 28.8 Å². The topological polar surface area (TPSA) is 80.9 Å². The third kappa shape index (κ3) is 4.15. The number of carbonyl (C=O) groups is 1. The maximum absolute atomic E-state index is 13.5. The highest BCUT2D eigenvalue weighted by molar-refractivity contribution is 5.87. The van der Waals surface area contributed by atoms with Crippen molar-refractivity contribution in [2.75, 3.05) is 39.4 Å². The fourth-order valence-electron chi connectivity index (χ4n) is 3.74. The summed E-state index contributed by atoms with van der Waals surface area (Å²) >= 11 is 0. The molecule has 9 heteroatoms. The van der Waals surface area contributed by atoms with Gasteiger partial charge in [0.15, 0.2) is 0 Å². The van der Waals surface area contributed by atoms with Crippen LogP contribution in [0.3, 0.4) is 0 Å². The molecule has 3 heterocycles. The smallest absolute Gasteiger partial charge is 0.291 e. The van der Waals surface area contributed by atoms with Crippen LogP contribution in [0.1, 0.15) is 12.2 Å². The van der Waals surface area contributed by atoms with Crippen LogP contribution in [0, 0.1) is 12.7 Å². The van der Waals surface area contributed by atoms with E-state index in [1.165, 1.54) is 12.1 Å². The predicted octanol–water partition coefficient (Wildman–Crippen LogP) is 0.935. The number of benzene rings is 1. The Kier molecular flexibility index (Phi) is 5.59. The average molecular weight is 401 g/mol. The quantitative estimate of drug-likeness (QED) is 0.622. The molecule has 1 amide bonds. The Morgan fingerprint density at radius 2 is 2.03 bits per heavy atom. The monoisotopic (exact) mass is 401 g/mol. The van der Waals surface area contributed by atoms with Gasteiger partial charge in [-0.05, 0) is 44.2 Å². The second-order valence-electron chi connectivity index (χ2n) is 7.24. The molecule has 1 N–H and O–H groups in total. The van der Waals surface area contributed by atoms with E-state index in [0.717, 1.165) is 44.0 Å². The Hall–Kier alpha value is -2.78. The van der Waals surface area contributed by atoms with Crippen molar-refractivity contribution in [2.45, 2.75) is 19.9 Å². The van der Waals surface area contributed by atoms with Crippen molar-refractivity contribution in [3.8, 4) is 0 Å². The zero-order valence-electron chi connectivity index (χ0n) is 16.4. The highest BCUT2D eigenvalue weighted by Crippen LogP contribution is 2.20. The third-order valence-corrected chi connectivity index (χ3v) is 5.18. The first kappa shape index (κ1) is 19.5. The zero-order valence-corrected chi connectivity index (χ0v) is 16.4. The van der Waals surface area contributed by atoms with E-state index in [1.54, 1.807) is 23.5 Å². The fraction of sp³-hybridized carbons (Fsp3) is 0.450. The molecule has 29 heavy (non-hydrogen) atoms. The number of ether oxygens (including phenoxy) is 1. The Labute approximate surface area is 166 Å². The van der Waals surface area contributed by atoms with Crippen molar-refractivity contribution in [3.05, 3.63) is 46.3 Å². The minimum Gasteiger partial charge on any atom is -0.379 e. The SMILES string of the molecule is Cc1nn(CC(=O)NCCCN2CCOCC2)c(=O)c2cc3cc(F)ccc3n12. The number of rotatable bonds is 6. The van der Waals surface area contributed by atoms with Gasteiger partial charge in [0.25, 0.3) is 5.56 Å². The molecule has 0 spiro atoms. The number of hydrogen-bond donors (Lipinski definition) is 1. The number of hydrogen-bond acceptors (Lipinski definition) is 5. The van der Waals surface area contributed by atoms with Gasteiger partial charge in [-0.15, -0.1) is 0 Å². The van der Waals surface area contributed by atoms with Crippen molar-refractivity contribution in [3.63, 3.8) is 0 Å². The van der Waals surface area contributed by atoms with Crippen molar-refractivity contribution in [1.82, 2.24) is 24.4 Å². The molecule has 2 aromatic heterocycles. The molecule has 8 nitrogen and oxygen atoms in total. The highest BCUT2D eigenvalue weighted by Gasteiger charge is 2.15. The first-order valence-electron chi connectivity index (χ1n) is 9.78. The second kappa shape index (κ2) is 8.30. The molecule has 0 bridgehead atoms. The van der Waals surface area contributed by atoms with Crippen LogP contribution in [-0.2, 0) is 16.1 Å². The summed E-state index contributed by atoms with van der Waals surface area (Å²) in [5, 5.41) is 7.75. The largest absolute Gasteiger partial charge is 0.379 e. The summed E-state index contributed by atoms with van der Waals surface area (Å²) in [5.41, 5.74) is 0.706. The van der Waals surface area contributed by atoms with E-state index in [9.17, 15) is 14.0 Å². The maximum Gasteiger partial charge on any atom is 0.291 e. The number of nitrogens with zero attached hydrogens (tertiary/aromatic N) is 4. The Balaban J connectivity index is 1.43. The number of aryl methyl sites for hydroxylation is 1. The standard InChI is InChI=1S/C20H24FN5O3/c1-14-23-25(13-19(27)22-5-2-6-24-7-9-29-10-8-24)20(28)18-12-15-11-16(21)3-4-17(15)26(14)18/h3-4,11-12H,2,5-10,13H2,1H3,(H,22,27).